The van der Waals surface area contributed by atoms with E-state index in [9.17, 15) is 0 Å². The molecule has 0 spiro atoms. The molecule has 2 nitrogen and oxygen atoms in total. The molecular formula is C12H13BrN2S. The van der Waals surface area contributed by atoms with Crippen LogP contribution in [0.4, 0.5) is 5.82 Å². The van der Waals surface area contributed by atoms with E-state index in [0.717, 1.165) is 10.3 Å². The smallest absolute Gasteiger partial charge is 0.141 e. The molecule has 0 aliphatic heterocycles. The summed E-state index contributed by atoms with van der Waals surface area (Å²) in [5.41, 5.74) is 1.19. The summed E-state index contributed by atoms with van der Waals surface area (Å²) in [6.07, 6.45) is 1.82. The minimum absolute atomic E-state index is 0.283. The van der Waals surface area contributed by atoms with E-state index in [4.69, 9.17) is 0 Å². The van der Waals surface area contributed by atoms with E-state index >= 15 is 0 Å². The second kappa shape index (κ2) is 4.97. The average Bonchev–Trinajstić information content (AvgIpc) is 2.78. The van der Waals surface area contributed by atoms with Crippen LogP contribution < -0.4 is 5.32 Å². The Balaban J connectivity index is 2.18. The van der Waals surface area contributed by atoms with E-state index in [1.54, 1.807) is 11.3 Å². The van der Waals surface area contributed by atoms with Crippen LogP contribution in [0.3, 0.4) is 0 Å². The molecule has 1 atom stereocenters. The maximum absolute atomic E-state index is 4.34. The minimum atomic E-state index is 0.283. The second-order valence-corrected chi connectivity index (χ2v) is 5.44. The van der Waals surface area contributed by atoms with Gasteiger partial charge in [0.1, 0.15) is 5.82 Å². The molecule has 4 heteroatoms. The third-order valence-corrected chi connectivity index (χ3v) is 4.46. The van der Waals surface area contributed by atoms with Crippen molar-refractivity contribution in [2.45, 2.75) is 19.9 Å². The quantitative estimate of drug-likeness (QED) is 0.909. The molecule has 0 radical (unpaired) electrons. The number of rotatable bonds is 3. The number of nitrogens with one attached hydrogen (secondary N) is 1. The van der Waals surface area contributed by atoms with Crippen molar-refractivity contribution in [3.05, 3.63) is 44.7 Å². The summed E-state index contributed by atoms with van der Waals surface area (Å²) in [6.45, 7) is 4.20. The minimum Gasteiger partial charge on any atom is -0.362 e. The largest absolute Gasteiger partial charge is 0.362 e. The second-order valence-electron chi connectivity index (χ2n) is 3.67. The lowest BCUT2D eigenvalue weighted by Gasteiger charge is -2.14. The van der Waals surface area contributed by atoms with E-state index in [1.165, 1.54) is 10.4 Å². The van der Waals surface area contributed by atoms with Gasteiger partial charge in [-0.05, 0) is 52.9 Å². The Morgan fingerprint density at radius 3 is 2.94 bits per heavy atom. The fourth-order valence-corrected chi connectivity index (χ4v) is 2.54. The molecular weight excluding hydrogens is 284 g/mol. The van der Waals surface area contributed by atoms with Crippen molar-refractivity contribution in [1.29, 1.82) is 0 Å². The Labute approximate surface area is 108 Å². The van der Waals surface area contributed by atoms with Gasteiger partial charge < -0.3 is 5.32 Å². The number of halogens is 1. The average molecular weight is 297 g/mol. The standard InChI is InChI=1S/C12H13BrN2S/c1-8-5-6-14-12(11(8)13)15-9(2)10-4-3-7-16-10/h3-7,9H,1-2H3,(H,14,15). The lowest BCUT2D eigenvalue weighted by atomic mass is 10.2. The first-order valence-corrected chi connectivity index (χ1v) is 6.77. The summed E-state index contributed by atoms with van der Waals surface area (Å²) in [6, 6.07) is 6.47. The van der Waals surface area contributed by atoms with Gasteiger partial charge in [0.15, 0.2) is 0 Å². The van der Waals surface area contributed by atoms with E-state index in [0.29, 0.717) is 0 Å². The highest BCUT2D eigenvalue weighted by molar-refractivity contribution is 9.10. The summed E-state index contributed by atoms with van der Waals surface area (Å²) >= 11 is 5.31. The van der Waals surface area contributed by atoms with Crippen molar-refractivity contribution in [2.24, 2.45) is 0 Å². The molecule has 0 fully saturated rings. The van der Waals surface area contributed by atoms with Gasteiger partial charge in [0.2, 0.25) is 0 Å². The van der Waals surface area contributed by atoms with Crippen molar-refractivity contribution in [2.75, 3.05) is 5.32 Å². The van der Waals surface area contributed by atoms with Crippen LogP contribution in [0.2, 0.25) is 0 Å². The number of anilines is 1. The molecule has 0 aliphatic rings. The van der Waals surface area contributed by atoms with E-state index in [-0.39, 0.29) is 6.04 Å². The molecule has 0 saturated heterocycles. The Bertz CT molecular complexity index is 468. The Morgan fingerprint density at radius 2 is 2.25 bits per heavy atom. The third kappa shape index (κ3) is 2.44. The van der Waals surface area contributed by atoms with Crippen molar-refractivity contribution >= 4 is 33.1 Å². The SMILES string of the molecule is Cc1ccnc(NC(C)c2cccs2)c1Br. The normalized spacial score (nSPS) is 12.4. The molecule has 0 aliphatic carbocycles. The summed E-state index contributed by atoms with van der Waals surface area (Å²) in [5, 5.41) is 5.50. The number of thiophene rings is 1. The third-order valence-electron chi connectivity index (χ3n) is 2.41. The number of nitrogens with zero attached hydrogens (tertiary/aromatic N) is 1. The Morgan fingerprint density at radius 1 is 1.44 bits per heavy atom. The molecule has 1 N–H and O–H groups in total. The van der Waals surface area contributed by atoms with Crippen LogP contribution in [0.15, 0.2) is 34.2 Å². The van der Waals surface area contributed by atoms with Gasteiger partial charge >= 0.3 is 0 Å². The van der Waals surface area contributed by atoms with E-state index in [2.05, 4.69) is 57.6 Å². The fourth-order valence-electron chi connectivity index (χ4n) is 1.45. The molecule has 0 bridgehead atoms. The zero-order chi connectivity index (χ0) is 11.5. The maximum atomic E-state index is 4.34. The van der Waals surface area contributed by atoms with Gasteiger partial charge in [-0.2, -0.15) is 0 Å². The molecule has 16 heavy (non-hydrogen) atoms. The zero-order valence-electron chi connectivity index (χ0n) is 9.20. The zero-order valence-corrected chi connectivity index (χ0v) is 11.6. The highest BCUT2D eigenvalue weighted by Gasteiger charge is 2.09. The number of aryl methyl sites for hydroxylation is 1. The first-order valence-electron chi connectivity index (χ1n) is 5.09. The highest BCUT2D eigenvalue weighted by atomic mass is 79.9. The molecule has 1 unspecified atom stereocenters. The monoisotopic (exact) mass is 296 g/mol. The summed E-state index contributed by atoms with van der Waals surface area (Å²) in [5.74, 6) is 0.904. The highest BCUT2D eigenvalue weighted by Crippen LogP contribution is 2.28. The van der Waals surface area contributed by atoms with Gasteiger partial charge in [0.25, 0.3) is 0 Å². The maximum Gasteiger partial charge on any atom is 0.141 e. The molecule has 2 aromatic rings. The summed E-state index contributed by atoms with van der Waals surface area (Å²) < 4.78 is 1.04. The number of aromatic nitrogens is 1. The van der Waals surface area contributed by atoms with Gasteiger partial charge in [0, 0.05) is 11.1 Å². The van der Waals surface area contributed by atoms with Crippen LogP contribution in [0.1, 0.15) is 23.4 Å². The van der Waals surface area contributed by atoms with Crippen LogP contribution in [-0.4, -0.2) is 4.98 Å². The van der Waals surface area contributed by atoms with Gasteiger partial charge in [-0.1, -0.05) is 6.07 Å². The molecule has 0 saturated carbocycles. The molecule has 2 rings (SSSR count). The Hall–Kier alpha value is -0.870. The predicted molar refractivity (Wildman–Crippen MR) is 73.0 cm³/mol. The number of hydrogen-bond donors (Lipinski definition) is 1. The van der Waals surface area contributed by atoms with Crippen LogP contribution >= 0.6 is 27.3 Å². The van der Waals surface area contributed by atoms with E-state index < -0.39 is 0 Å². The van der Waals surface area contributed by atoms with Crippen molar-refractivity contribution in [3.8, 4) is 0 Å². The van der Waals surface area contributed by atoms with Gasteiger partial charge in [-0.25, -0.2) is 4.98 Å². The van der Waals surface area contributed by atoms with E-state index in [1.807, 2.05) is 12.3 Å². The molecule has 84 valence electrons. The lowest BCUT2D eigenvalue weighted by molar-refractivity contribution is 0.893. The number of pyridine rings is 1. The van der Waals surface area contributed by atoms with Crippen molar-refractivity contribution < 1.29 is 0 Å². The molecule has 2 heterocycles. The van der Waals surface area contributed by atoms with Crippen molar-refractivity contribution in [3.63, 3.8) is 0 Å². The fraction of sp³-hybridized carbons (Fsp3) is 0.250. The predicted octanol–water partition coefficient (Wildman–Crippen LogP) is 4.39. The summed E-state index contributed by atoms with van der Waals surface area (Å²) in [4.78, 5) is 5.65. The van der Waals surface area contributed by atoms with Crippen LogP contribution in [0.25, 0.3) is 0 Å². The lowest BCUT2D eigenvalue weighted by Crippen LogP contribution is -2.07. The Kier molecular flexibility index (Phi) is 3.61. The molecule has 0 amide bonds. The first kappa shape index (κ1) is 11.6. The van der Waals surface area contributed by atoms with Crippen LogP contribution in [-0.2, 0) is 0 Å². The topological polar surface area (TPSA) is 24.9 Å². The van der Waals surface area contributed by atoms with Crippen LogP contribution in [0.5, 0.6) is 0 Å². The van der Waals surface area contributed by atoms with Gasteiger partial charge in [0.05, 0.1) is 10.5 Å². The number of hydrogen-bond acceptors (Lipinski definition) is 3. The van der Waals surface area contributed by atoms with Crippen molar-refractivity contribution in [1.82, 2.24) is 4.98 Å². The first-order chi connectivity index (χ1) is 7.68. The van der Waals surface area contributed by atoms with Gasteiger partial charge in [-0.3, -0.25) is 0 Å². The van der Waals surface area contributed by atoms with Gasteiger partial charge in [-0.15, -0.1) is 11.3 Å². The molecule has 2 aromatic heterocycles. The molecule has 0 aromatic carbocycles. The van der Waals surface area contributed by atoms with Crippen LogP contribution in [0, 0.1) is 6.92 Å². The summed E-state index contributed by atoms with van der Waals surface area (Å²) in [7, 11) is 0.